The number of carbonyl (C=O) groups is 2. The summed E-state index contributed by atoms with van der Waals surface area (Å²) in [5, 5.41) is 5.56. The van der Waals surface area contributed by atoms with Crippen LogP contribution in [0.2, 0.25) is 0 Å². The van der Waals surface area contributed by atoms with Gasteiger partial charge in [0.05, 0.1) is 5.69 Å². The molecule has 0 aromatic heterocycles. The van der Waals surface area contributed by atoms with Gasteiger partial charge in [-0.2, -0.15) is 0 Å². The van der Waals surface area contributed by atoms with Crippen LogP contribution in [0.1, 0.15) is 22.8 Å². The van der Waals surface area contributed by atoms with Crippen LogP contribution in [0.4, 0.5) is 11.4 Å². The number of rotatable bonds is 2. The van der Waals surface area contributed by atoms with Crippen LogP contribution >= 0.6 is 0 Å². The molecule has 22 heavy (non-hydrogen) atoms. The maximum absolute atomic E-state index is 12.2. The van der Waals surface area contributed by atoms with Crippen LogP contribution < -0.4 is 15.4 Å². The molecule has 1 atom stereocenters. The smallest absolute Gasteiger partial charge is 0.265 e. The summed E-state index contributed by atoms with van der Waals surface area (Å²) in [6.07, 6.45) is -0.513. The molecule has 2 amide bonds. The van der Waals surface area contributed by atoms with E-state index in [1.165, 1.54) is 0 Å². The van der Waals surface area contributed by atoms with Gasteiger partial charge in [0.25, 0.3) is 11.8 Å². The number of amides is 2. The van der Waals surface area contributed by atoms with Crippen LogP contribution in [-0.4, -0.2) is 17.9 Å². The summed E-state index contributed by atoms with van der Waals surface area (Å²) in [6.45, 7) is 3.65. The van der Waals surface area contributed by atoms with Crippen molar-refractivity contribution in [1.29, 1.82) is 0 Å². The van der Waals surface area contributed by atoms with Crippen LogP contribution in [0.3, 0.4) is 0 Å². The molecular weight excluding hydrogens is 280 g/mol. The van der Waals surface area contributed by atoms with Gasteiger partial charge in [-0.1, -0.05) is 17.7 Å². The maximum atomic E-state index is 12.2. The van der Waals surface area contributed by atoms with E-state index < -0.39 is 6.10 Å². The first kappa shape index (κ1) is 14.1. The molecule has 0 unspecified atom stereocenters. The number of benzene rings is 2. The average Bonchev–Trinajstić information content (AvgIpc) is 2.49. The molecule has 5 heteroatoms. The molecule has 0 bridgehead atoms. The zero-order chi connectivity index (χ0) is 15.7. The third-order valence-electron chi connectivity index (χ3n) is 3.48. The van der Waals surface area contributed by atoms with E-state index in [-0.39, 0.29) is 11.8 Å². The molecule has 2 N–H and O–H groups in total. The molecule has 3 rings (SSSR count). The lowest BCUT2D eigenvalue weighted by Crippen LogP contribution is -2.34. The van der Waals surface area contributed by atoms with Crippen LogP contribution in [0.5, 0.6) is 5.75 Å². The molecule has 0 fully saturated rings. The molecule has 2 aromatic rings. The Balaban J connectivity index is 1.79. The van der Waals surface area contributed by atoms with Gasteiger partial charge in [0.1, 0.15) is 5.75 Å². The molecule has 112 valence electrons. The SMILES string of the molecule is Cc1ccc(C(=O)Nc2ccc3c(c2)NC(=O)[C@@H](C)O3)cc1. The van der Waals surface area contributed by atoms with E-state index in [1.807, 2.05) is 19.1 Å². The number of anilines is 2. The summed E-state index contributed by atoms with van der Waals surface area (Å²) in [7, 11) is 0. The fourth-order valence-electron chi connectivity index (χ4n) is 2.19. The molecule has 0 saturated carbocycles. The Bertz CT molecular complexity index is 738. The Labute approximate surface area is 128 Å². The van der Waals surface area contributed by atoms with Crippen LogP contribution in [0.25, 0.3) is 0 Å². The van der Waals surface area contributed by atoms with E-state index in [9.17, 15) is 9.59 Å². The number of ether oxygens (including phenoxy) is 1. The summed E-state index contributed by atoms with van der Waals surface area (Å²) < 4.78 is 5.48. The fourth-order valence-corrected chi connectivity index (χ4v) is 2.19. The second kappa shape index (κ2) is 5.52. The van der Waals surface area contributed by atoms with Crippen molar-refractivity contribution < 1.29 is 14.3 Å². The van der Waals surface area contributed by atoms with Gasteiger partial charge in [0, 0.05) is 11.3 Å². The summed E-state index contributed by atoms with van der Waals surface area (Å²) in [5.74, 6) is 0.200. The van der Waals surface area contributed by atoms with Crippen molar-refractivity contribution in [3.63, 3.8) is 0 Å². The maximum Gasteiger partial charge on any atom is 0.265 e. The predicted molar refractivity (Wildman–Crippen MR) is 84.3 cm³/mol. The van der Waals surface area contributed by atoms with E-state index in [2.05, 4.69) is 10.6 Å². The zero-order valence-electron chi connectivity index (χ0n) is 12.3. The van der Waals surface area contributed by atoms with Crippen molar-refractivity contribution in [2.75, 3.05) is 10.6 Å². The highest BCUT2D eigenvalue weighted by Crippen LogP contribution is 2.32. The van der Waals surface area contributed by atoms with Gasteiger partial charge in [-0.25, -0.2) is 0 Å². The highest BCUT2D eigenvalue weighted by Gasteiger charge is 2.23. The minimum Gasteiger partial charge on any atom is -0.479 e. The Morgan fingerprint density at radius 1 is 1.18 bits per heavy atom. The molecule has 1 heterocycles. The van der Waals surface area contributed by atoms with Gasteiger partial charge in [-0.15, -0.1) is 0 Å². The highest BCUT2D eigenvalue weighted by atomic mass is 16.5. The first-order valence-electron chi connectivity index (χ1n) is 7.02. The van der Waals surface area contributed by atoms with Crippen molar-refractivity contribution >= 4 is 23.2 Å². The minimum atomic E-state index is -0.513. The molecular formula is C17H16N2O3. The molecule has 1 aliphatic heterocycles. The molecule has 0 saturated heterocycles. The van der Waals surface area contributed by atoms with Crippen molar-refractivity contribution in [2.45, 2.75) is 20.0 Å². The molecule has 0 radical (unpaired) electrons. The van der Waals surface area contributed by atoms with Gasteiger partial charge in [-0.05, 0) is 44.2 Å². The fraction of sp³-hybridized carbons (Fsp3) is 0.176. The van der Waals surface area contributed by atoms with Gasteiger partial charge in [-0.3, -0.25) is 9.59 Å². The quantitative estimate of drug-likeness (QED) is 0.895. The van der Waals surface area contributed by atoms with Crippen molar-refractivity contribution in [3.8, 4) is 5.75 Å². The summed E-state index contributed by atoms with van der Waals surface area (Å²) >= 11 is 0. The molecule has 1 aliphatic rings. The number of nitrogens with one attached hydrogen (secondary N) is 2. The van der Waals surface area contributed by atoms with E-state index in [1.54, 1.807) is 37.3 Å². The van der Waals surface area contributed by atoms with Gasteiger partial charge >= 0.3 is 0 Å². The Morgan fingerprint density at radius 2 is 1.91 bits per heavy atom. The topological polar surface area (TPSA) is 67.4 Å². The third kappa shape index (κ3) is 2.79. The van der Waals surface area contributed by atoms with Crippen LogP contribution in [-0.2, 0) is 4.79 Å². The third-order valence-corrected chi connectivity index (χ3v) is 3.48. The first-order valence-corrected chi connectivity index (χ1v) is 7.02. The Hall–Kier alpha value is -2.82. The number of fused-ring (bicyclic) bond motifs is 1. The lowest BCUT2D eigenvalue weighted by atomic mass is 10.1. The van der Waals surface area contributed by atoms with Crippen LogP contribution in [0, 0.1) is 6.92 Å². The highest BCUT2D eigenvalue weighted by molar-refractivity contribution is 6.05. The molecule has 0 spiro atoms. The summed E-state index contributed by atoms with van der Waals surface area (Å²) in [5.41, 5.74) is 2.84. The number of hydrogen-bond donors (Lipinski definition) is 2. The summed E-state index contributed by atoms with van der Waals surface area (Å²) in [4.78, 5) is 23.8. The van der Waals surface area contributed by atoms with Gasteiger partial charge in [0.15, 0.2) is 6.10 Å². The Kier molecular flexibility index (Phi) is 3.55. The van der Waals surface area contributed by atoms with E-state index in [4.69, 9.17) is 4.74 Å². The lowest BCUT2D eigenvalue weighted by molar-refractivity contribution is -0.122. The van der Waals surface area contributed by atoms with Crippen molar-refractivity contribution in [3.05, 3.63) is 53.6 Å². The summed E-state index contributed by atoms with van der Waals surface area (Å²) in [6, 6.07) is 12.5. The average molecular weight is 296 g/mol. The normalized spacial score (nSPS) is 16.3. The largest absolute Gasteiger partial charge is 0.479 e. The first-order chi connectivity index (χ1) is 10.5. The van der Waals surface area contributed by atoms with E-state index >= 15 is 0 Å². The monoisotopic (exact) mass is 296 g/mol. The van der Waals surface area contributed by atoms with Gasteiger partial charge in [0.2, 0.25) is 0 Å². The Morgan fingerprint density at radius 3 is 2.64 bits per heavy atom. The van der Waals surface area contributed by atoms with Gasteiger partial charge < -0.3 is 15.4 Å². The van der Waals surface area contributed by atoms with Crippen molar-refractivity contribution in [2.24, 2.45) is 0 Å². The molecule has 5 nitrogen and oxygen atoms in total. The van der Waals surface area contributed by atoms with E-state index in [0.29, 0.717) is 22.7 Å². The zero-order valence-corrected chi connectivity index (χ0v) is 12.3. The number of hydrogen-bond acceptors (Lipinski definition) is 3. The predicted octanol–water partition coefficient (Wildman–Crippen LogP) is 2.97. The minimum absolute atomic E-state index is 0.198. The van der Waals surface area contributed by atoms with E-state index in [0.717, 1.165) is 5.56 Å². The lowest BCUT2D eigenvalue weighted by Gasteiger charge is -2.23. The van der Waals surface area contributed by atoms with Crippen LogP contribution in [0.15, 0.2) is 42.5 Å². The van der Waals surface area contributed by atoms with Crippen molar-refractivity contribution in [1.82, 2.24) is 0 Å². The number of aryl methyl sites for hydroxylation is 1. The molecule has 2 aromatic carbocycles. The standard InChI is InChI=1S/C17H16N2O3/c1-10-3-5-12(6-4-10)17(21)18-13-7-8-15-14(9-13)19-16(20)11(2)22-15/h3-9,11H,1-2H3,(H,18,21)(H,19,20)/t11-/m1/s1. The number of carbonyl (C=O) groups excluding carboxylic acids is 2. The second-order valence-electron chi connectivity index (χ2n) is 5.28. The second-order valence-corrected chi connectivity index (χ2v) is 5.28. The molecule has 0 aliphatic carbocycles.